The van der Waals surface area contributed by atoms with E-state index in [1.54, 1.807) is 12.1 Å². The zero-order chi connectivity index (χ0) is 19.0. The second-order valence-corrected chi connectivity index (χ2v) is 6.33. The van der Waals surface area contributed by atoms with E-state index in [0.29, 0.717) is 30.4 Å². The fourth-order valence-electron chi connectivity index (χ4n) is 2.98. The first-order valence-corrected chi connectivity index (χ1v) is 8.82. The van der Waals surface area contributed by atoms with Gasteiger partial charge in [0.15, 0.2) is 5.96 Å². The lowest BCUT2D eigenvalue weighted by atomic mass is 10.0. The van der Waals surface area contributed by atoms with Crippen LogP contribution in [0.3, 0.4) is 0 Å². The van der Waals surface area contributed by atoms with Crippen molar-refractivity contribution in [1.82, 2.24) is 10.6 Å². The zero-order valence-electron chi connectivity index (χ0n) is 15.6. The predicted octanol–water partition coefficient (Wildman–Crippen LogP) is 3.27. The molecule has 2 rings (SSSR count). The normalized spacial score (nSPS) is 16.0. The lowest BCUT2D eigenvalue weighted by molar-refractivity contribution is -0.0504. The molecule has 0 heterocycles. The van der Waals surface area contributed by atoms with E-state index in [-0.39, 0.29) is 36.3 Å². The summed E-state index contributed by atoms with van der Waals surface area (Å²) in [7, 11) is 1.50. The Balaban J connectivity index is 0.00000364. The number of hydrogen-bond donors (Lipinski definition) is 3. The molecule has 1 fully saturated rings. The largest absolute Gasteiger partial charge is 0.497 e. The van der Waals surface area contributed by atoms with Crippen LogP contribution in [0.25, 0.3) is 0 Å². The molecular weight excluding hydrogens is 471 g/mol. The molecule has 0 radical (unpaired) electrons. The number of ether oxygens (including phenoxy) is 2. The maximum Gasteiger partial charge on any atom is 0.387 e. The minimum absolute atomic E-state index is 0. The van der Waals surface area contributed by atoms with Gasteiger partial charge in [-0.15, -0.1) is 24.0 Å². The zero-order valence-corrected chi connectivity index (χ0v) is 18.0. The van der Waals surface area contributed by atoms with Crippen LogP contribution in [0.4, 0.5) is 8.78 Å². The maximum absolute atomic E-state index is 12.6. The SMILES string of the molecule is CCNC(=NCc1cc(OC)ccc1OC(F)F)NCC1(O)CCCC1.I. The van der Waals surface area contributed by atoms with Crippen molar-refractivity contribution in [1.29, 1.82) is 0 Å². The predicted molar refractivity (Wildman–Crippen MR) is 111 cm³/mol. The van der Waals surface area contributed by atoms with Gasteiger partial charge in [0.1, 0.15) is 11.5 Å². The Morgan fingerprint density at radius 1 is 1.30 bits per heavy atom. The summed E-state index contributed by atoms with van der Waals surface area (Å²) in [4.78, 5) is 4.42. The first kappa shape index (κ1) is 23.7. The molecule has 154 valence electrons. The van der Waals surface area contributed by atoms with Gasteiger partial charge >= 0.3 is 6.61 Å². The van der Waals surface area contributed by atoms with Gasteiger partial charge in [-0.2, -0.15) is 8.78 Å². The molecule has 0 amide bonds. The monoisotopic (exact) mass is 499 g/mol. The summed E-state index contributed by atoms with van der Waals surface area (Å²) < 4.78 is 34.9. The number of halogens is 3. The molecule has 6 nitrogen and oxygen atoms in total. The van der Waals surface area contributed by atoms with Crippen LogP contribution in [0.2, 0.25) is 0 Å². The van der Waals surface area contributed by atoms with Gasteiger partial charge in [0.2, 0.25) is 0 Å². The number of aliphatic hydroxyl groups is 1. The number of rotatable bonds is 8. The second kappa shape index (κ2) is 11.5. The fourth-order valence-corrected chi connectivity index (χ4v) is 2.98. The molecular formula is C18H28F2IN3O3. The Hall–Kier alpha value is -1.36. The van der Waals surface area contributed by atoms with Crippen LogP contribution >= 0.6 is 24.0 Å². The Labute approximate surface area is 175 Å². The molecule has 1 aromatic rings. The highest BCUT2D eigenvalue weighted by Gasteiger charge is 2.30. The van der Waals surface area contributed by atoms with E-state index in [4.69, 9.17) is 4.74 Å². The van der Waals surface area contributed by atoms with Crippen LogP contribution in [-0.4, -0.2) is 43.5 Å². The number of benzene rings is 1. The number of alkyl halides is 2. The number of nitrogens with one attached hydrogen (secondary N) is 2. The number of aliphatic imine (C=N–C) groups is 1. The Bertz CT molecular complexity index is 612. The molecule has 0 spiro atoms. The van der Waals surface area contributed by atoms with Crippen LogP contribution < -0.4 is 20.1 Å². The van der Waals surface area contributed by atoms with Gasteiger partial charge in [0, 0.05) is 18.7 Å². The average molecular weight is 499 g/mol. The van der Waals surface area contributed by atoms with Gasteiger partial charge in [-0.1, -0.05) is 12.8 Å². The lowest BCUT2D eigenvalue weighted by Gasteiger charge is -2.23. The molecule has 0 aromatic heterocycles. The van der Waals surface area contributed by atoms with Gasteiger partial charge in [-0.3, -0.25) is 0 Å². The highest BCUT2D eigenvalue weighted by Crippen LogP contribution is 2.29. The Kier molecular flexibility index (Phi) is 10.1. The van der Waals surface area contributed by atoms with E-state index in [9.17, 15) is 13.9 Å². The summed E-state index contributed by atoms with van der Waals surface area (Å²) >= 11 is 0. The summed E-state index contributed by atoms with van der Waals surface area (Å²) in [5, 5.41) is 16.7. The molecule has 1 aromatic carbocycles. The third-order valence-electron chi connectivity index (χ3n) is 4.35. The molecule has 1 aliphatic rings. The topological polar surface area (TPSA) is 75.1 Å². The van der Waals surface area contributed by atoms with Crippen LogP contribution in [-0.2, 0) is 6.54 Å². The number of methoxy groups -OCH3 is 1. The molecule has 0 saturated heterocycles. The van der Waals surface area contributed by atoms with Crippen molar-refractivity contribution in [3.05, 3.63) is 23.8 Å². The van der Waals surface area contributed by atoms with E-state index in [1.165, 1.54) is 13.2 Å². The average Bonchev–Trinajstić information content (AvgIpc) is 3.05. The molecule has 0 atom stereocenters. The van der Waals surface area contributed by atoms with Crippen molar-refractivity contribution >= 4 is 29.9 Å². The van der Waals surface area contributed by atoms with Crippen LogP contribution in [0.15, 0.2) is 23.2 Å². The number of guanidine groups is 1. The number of hydrogen-bond acceptors (Lipinski definition) is 4. The van der Waals surface area contributed by atoms with Crippen molar-refractivity contribution in [3.8, 4) is 11.5 Å². The molecule has 0 bridgehead atoms. The Morgan fingerprint density at radius 2 is 2.00 bits per heavy atom. The third-order valence-corrected chi connectivity index (χ3v) is 4.35. The molecule has 1 saturated carbocycles. The highest BCUT2D eigenvalue weighted by molar-refractivity contribution is 14.0. The summed E-state index contributed by atoms with van der Waals surface area (Å²) in [6, 6.07) is 4.62. The van der Waals surface area contributed by atoms with Gasteiger partial charge in [-0.25, -0.2) is 4.99 Å². The van der Waals surface area contributed by atoms with E-state index in [2.05, 4.69) is 20.4 Å². The van der Waals surface area contributed by atoms with Gasteiger partial charge in [0.05, 0.1) is 19.3 Å². The van der Waals surface area contributed by atoms with E-state index < -0.39 is 12.2 Å². The van der Waals surface area contributed by atoms with Gasteiger partial charge in [0.25, 0.3) is 0 Å². The Morgan fingerprint density at radius 3 is 2.59 bits per heavy atom. The first-order chi connectivity index (χ1) is 12.5. The lowest BCUT2D eigenvalue weighted by Crippen LogP contribution is -2.46. The first-order valence-electron chi connectivity index (χ1n) is 8.82. The number of nitrogens with zero attached hydrogens (tertiary/aromatic N) is 1. The van der Waals surface area contributed by atoms with Crippen molar-refractivity contribution in [2.45, 2.75) is 51.4 Å². The van der Waals surface area contributed by atoms with Crippen molar-refractivity contribution in [2.24, 2.45) is 4.99 Å². The second-order valence-electron chi connectivity index (χ2n) is 6.33. The van der Waals surface area contributed by atoms with Crippen molar-refractivity contribution in [2.75, 3.05) is 20.2 Å². The summed E-state index contributed by atoms with van der Waals surface area (Å²) in [5.41, 5.74) is -0.225. The highest BCUT2D eigenvalue weighted by atomic mass is 127. The minimum Gasteiger partial charge on any atom is -0.497 e. The third kappa shape index (κ3) is 7.65. The van der Waals surface area contributed by atoms with Gasteiger partial charge in [-0.05, 0) is 38.0 Å². The molecule has 3 N–H and O–H groups in total. The molecule has 1 aliphatic carbocycles. The quantitative estimate of drug-likeness (QED) is 0.291. The fraction of sp³-hybridized carbons (Fsp3) is 0.611. The smallest absolute Gasteiger partial charge is 0.387 e. The standard InChI is InChI=1S/C18H27F2N3O3.HI/c1-3-21-17(23-12-18(24)8-4-5-9-18)22-11-13-10-14(25-2)6-7-15(13)26-16(19)20;/h6-7,10,16,24H,3-5,8-9,11-12H2,1-2H3,(H2,21,22,23);1H. The minimum atomic E-state index is -2.91. The van der Waals surface area contributed by atoms with Crippen molar-refractivity contribution in [3.63, 3.8) is 0 Å². The van der Waals surface area contributed by atoms with E-state index >= 15 is 0 Å². The van der Waals surface area contributed by atoms with Crippen LogP contribution in [0, 0.1) is 0 Å². The molecule has 9 heteroatoms. The molecule has 0 unspecified atom stereocenters. The van der Waals surface area contributed by atoms with E-state index in [0.717, 1.165) is 25.7 Å². The van der Waals surface area contributed by atoms with E-state index in [1.807, 2.05) is 6.92 Å². The van der Waals surface area contributed by atoms with Crippen LogP contribution in [0.1, 0.15) is 38.2 Å². The maximum atomic E-state index is 12.6. The van der Waals surface area contributed by atoms with Crippen molar-refractivity contribution < 1.29 is 23.4 Å². The van der Waals surface area contributed by atoms with Crippen LogP contribution in [0.5, 0.6) is 11.5 Å². The molecule has 0 aliphatic heterocycles. The summed E-state index contributed by atoms with van der Waals surface area (Å²) in [5.74, 6) is 1.11. The summed E-state index contributed by atoms with van der Waals surface area (Å²) in [6.07, 6.45) is 3.57. The van der Waals surface area contributed by atoms with Gasteiger partial charge < -0.3 is 25.2 Å². The summed E-state index contributed by atoms with van der Waals surface area (Å²) in [6.45, 7) is 0.194. The molecule has 27 heavy (non-hydrogen) atoms.